The molecule has 0 atom stereocenters. The van der Waals surface area contributed by atoms with Crippen molar-refractivity contribution < 1.29 is 5.11 Å². The quantitative estimate of drug-likeness (QED) is 0.795. The fourth-order valence-electron chi connectivity index (χ4n) is 3.74. The number of nitrogens with zero attached hydrogens (tertiary/aromatic N) is 1. The number of hydrogen-bond acceptors (Lipinski definition) is 2. The largest absolute Gasteiger partial charge is 0.396 e. The highest BCUT2D eigenvalue weighted by Crippen LogP contribution is 2.30. The SMILES string of the molecule is OCCCN(C1CCCCC1)C1CCCCC1. The number of aliphatic hydroxyl groups excluding tert-OH is 1. The van der Waals surface area contributed by atoms with Gasteiger partial charge >= 0.3 is 0 Å². The van der Waals surface area contributed by atoms with Gasteiger partial charge in [-0.3, -0.25) is 4.90 Å². The molecule has 2 fully saturated rings. The summed E-state index contributed by atoms with van der Waals surface area (Å²) in [7, 11) is 0. The average molecular weight is 239 g/mol. The van der Waals surface area contributed by atoms with Gasteiger partial charge in [-0.15, -0.1) is 0 Å². The van der Waals surface area contributed by atoms with E-state index >= 15 is 0 Å². The molecule has 0 aromatic heterocycles. The Hall–Kier alpha value is -0.0800. The number of hydrogen-bond donors (Lipinski definition) is 1. The minimum atomic E-state index is 0.357. The summed E-state index contributed by atoms with van der Waals surface area (Å²) in [5, 5.41) is 9.09. The monoisotopic (exact) mass is 239 g/mol. The van der Waals surface area contributed by atoms with Crippen molar-refractivity contribution in [3.8, 4) is 0 Å². The highest BCUT2D eigenvalue weighted by molar-refractivity contribution is 4.83. The molecule has 0 aliphatic heterocycles. The molecule has 2 heteroatoms. The predicted molar refractivity (Wildman–Crippen MR) is 72.2 cm³/mol. The summed E-state index contributed by atoms with van der Waals surface area (Å²) in [6.07, 6.45) is 15.2. The molecule has 0 heterocycles. The molecule has 2 saturated carbocycles. The van der Waals surface area contributed by atoms with Gasteiger partial charge in [-0.25, -0.2) is 0 Å². The normalized spacial score (nSPS) is 24.4. The number of rotatable bonds is 5. The van der Waals surface area contributed by atoms with Crippen LogP contribution in [0.5, 0.6) is 0 Å². The van der Waals surface area contributed by atoms with Crippen LogP contribution in [0.25, 0.3) is 0 Å². The third-order valence-corrected chi connectivity index (χ3v) is 4.66. The lowest BCUT2D eigenvalue weighted by Crippen LogP contribution is -2.45. The van der Waals surface area contributed by atoms with Gasteiger partial charge in [0.25, 0.3) is 0 Å². The molecule has 100 valence electrons. The van der Waals surface area contributed by atoms with E-state index in [1.54, 1.807) is 0 Å². The van der Waals surface area contributed by atoms with E-state index in [9.17, 15) is 0 Å². The summed E-state index contributed by atoms with van der Waals surface area (Å²) in [6.45, 7) is 1.49. The van der Waals surface area contributed by atoms with Crippen LogP contribution in [0, 0.1) is 0 Å². The van der Waals surface area contributed by atoms with E-state index in [0.717, 1.165) is 25.0 Å². The van der Waals surface area contributed by atoms with Crippen LogP contribution in [0.15, 0.2) is 0 Å². The van der Waals surface area contributed by atoms with Crippen LogP contribution in [0.3, 0.4) is 0 Å². The fraction of sp³-hybridized carbons (Fsp3) is 1.00. The van der Waals surface area contributed by atoms with Gasteiger partial charge in [0.2, 0.25) is 0 Å². The molecule has 0 bridgehead atoms. The lowest BCUT2D eigenvalue weighted by atomic mass is 9.88. The van der Waals surface area contributed by atoms with Crippen molar-refractivity contribution in [3.63, 3.8) is 0 Å². The summed E-state index contributed by atoms with van der Waals surface area (Å²) in [5.74, 6) is 0. The van der Waals surface area contributed by atoms with Crippen molar-refractivity contribution in [2.24, 2.45) is 0 Å². The third kappa shape index (κ3) is 3.96. The van der Waals surface area contributed by atoms with Gasteiger partial charge in [0, 0.05) is 25.2 Å². The van der Waals surface area contributed by atoms with E-state index < -0.39 is 0 Å². The van der Waals surface area contributed by atoms with Gasteiger partial charge < -0.3 is 5.11 Å². The Kier molecular flexibility index (Phi) is 5.79. The summed E-state index contributed by atoms with van der Waals surface area (Å²) in [4.78, 5) is 2.77. The topological polar surface area (TPSA) is 23.5 Å². The molecule has 0 spiro atoms. The van der Waals surface area contributed by atoms with Crippen molar-refractivity contribution in [1.82, 2.24) is 4.90 Å². The van der Waals surface area contributed by atoms with Gasteiger partial charge in [-0.2, -0.15) is 0 Å². The van der Waals surface area contributed by atoms with E-state index in [1.165, 1.54) is 64.2 Å². The van der Waals surface area contributed by atoms with Gasteiger partial charge in [0.1, 0.15) is 0 Å². The molecule has 2 nitrogen and oxygen atoms in total. The zero-order valence-electron chi connectivity index (χ0n) is 11.2. The standard InChI is InChI=1S/C15H29NO/c17-13-7-12-16(14-8-3-1-4-9-14)15-10-5-2-6-11-15/h14-15,17H,1-13H2. The summed E-state index contributed by atoms with van der Waals surface area (Å²) in [6, 6.07) is 1.66. The van der Waals surface area contributed by atoms with E-state index in [1.807, 2.05) is 0 Å². The zero-order chi connectivity index (χ0) is 11.9. The second-order valence-electron chi connectivity index (χ2n) is 5.90. The molecule has 2 aliphatic rings. The second-order valence-corrected chi connectivity index (χ2v) is 5.90. The fourth-order valence-corrected chi connectivity index (χ4v) is 3.74. The molecule has 0 aromatic carbocycles. The van der Waals surface area contributed by atoms with Crippen LogP contribution in [0.2, 0.25) is 0 Å². The van der Waals surface area contributed by atoms with E-state index in [0.29, 0.717) is 6.61 Å². The highest BCUT2D eigenvalue weighted by Gasteiger charge is 2.27. The molecule has 2 aliphatic carbocycles. The van der Waals surface area contributed by atoms with Crippen LogP contribution < -0.4 is 0 Å². The smallest absolute Gasteiger partial charge is 0.0443 e. The highest BCUT2D eigenvalue weighted by atomic mass is 16.3. The Morgan fingerprint density at radius 1 is 0.765 bits per heavy atom. The lowest BCUT2D eigenvalue weighted by molar-refractivity contribution is 0.0737. The molecule has 0 radical (unpaired) electrons. The van der Waals surface area contributed by atoms with Crippen LogP contribution in [-0.4, -0.2) is 35.2 Å². The summed E-state index contributed by atoms with van der Waals surface area (Å²) >= 11 is 0. The molecular formula is C15H29NO. The summed E-state index contributed by atoms with van der Waals surface area (Å²) in [5.41, 5.74) is 0. The predicted octanol–water partition coefficient (Wildman–Crippen LogP) is 3.34. The lowest BCUT2D eigenvalue weighted by Gasteiger charge is -2.41. The van der Waals surface area contributed by atoms with Crippen molar-refractivity contribution in [2.45, 2.75) is 82.7 Å². The first-order valence-corrected chi connectivity index (χ1v) is 7.78. The summed E-state index contributed by atoms with van der Waals surface area (Å²) < 4.78 is 0. The van der Waals surface area contributed by atoms with E-state index in [2.05, 4.69) is 4.90 Å². The Balaban J connectivity index is 1.90. The Bertz CT molecular complexity index is 177. The van der Waals surface area contributed by atoms with Gasteiger partial charge in [-0.1, -0.05) is 38.5 Å². The average Bonchev–Trinajstić information content (AvgIpc) is 2.42. The molecule has 17 heavy (non-hydrogen) atoms. The van der Waals surface area contributed by atoms with Gasteiger partial charge in [0.05, 0.1) is 0 Å². The van der Waals surface area contributed by atoms with E-state index in [-0.39, 0.29) is 0 Å². The van der Waals surface area contributed by atoms with Crippen molar-refractivity contribution >= 4 is 0 Å². The minimum Gasteiger partial charge on any atom is -0.396 e. The van der Waals surface area contributed by atoms with Crippen LogP contribution in [0.4, 0.5) is 0 Å². The molecule has 0 unspecified atom stereocenters. The maximum atomic E-state index is 9.09. The molecule has 2 rings (SSSR count). The van der Waals surface area contributed by atoms with E-state index in [4.69, 9.17) is 5.11 Å². The van der Waals surface area contributed by atoms with Crippen LogP contribution in [-0.2, 0) is 0 Å². The Labute approximate surface area is 106 Å². The Morgan fingerprint density at radius 2 is 1.24 bits per heavy atom. The van der Waals surface area contributed by atoms with Crippen molar-refractivity contribution in [2.75, 3.05) is 13.2 Å². The first-order valence-electron chi connectivity index (χ1n) is 7.78. The molecule has 0 aromatic rings. The molecule has 0 saturated heterocycles. The van der Waals surface area contributed by atoms with Crippen LogP contribution >= 0.6 is 0 Å². The second kappa shape index (κ2) is 7.38. The molecule has 1 N–H and O–H groups in total. The first kappa shape index (κ1) is 13.4. The maximum absolute atomic E-state index is 9.09. The number of aliphatic hydroxyl groups is 1. The minimum absolute atomic E-state index is 0.357. The third-order valence-electron chi connectivity index (χ3n) is 4.66. The van der Waals surface area contributed by atoms with Gasteiger partial charge in [-0.05, 0) is 32.1 Å². The maximum Gasteiger partial charge on any atom is 0.0443 e. The zero-order valence-corrected chi connectivity index (χ0v) is 11.2. The Morgan fingerprint density at radius 3 is 1.65 bits per heavy atom. The first-order chi connectivity index (χ1) is 8.42. The molecule has 0 amide bonds. The van der Waals surface area contributed by atoms with Crippen LogP contribution in [0.1, 0.15) is 70.6 Å². The molecular weight excluding hydrogens is 210 g/mol. The van der Waals surface area contributed by atoms with Crippen molar-refractivity contribution in [3.05, 3.63) is 0 Å². The van der Waals surface area contributed by atoms with Gasteiger partial charge in [0.15, 0.2) is 0 Å². The van der Waals surface area contributed by atoms with Crippen molar-refractivity contribution in [1.29, 1.82) is 0 Å².